The van der Waals surface area contributed by atoms with Crippen molar-refractivity contribution in [2.45, 2.75) is 57.5 Å². The number of likely N-dealkylation sites (N-methyl/N-ethyl adjacent to an activating group) is 1. The third-order valence-electron chi connectivity index (χ3n) is 3.20. The Kier molecular flexibility index (Phi) is 7.98. The van der Waals surface area contributed by atoms with Crippen molar-refractivity contribution in [3.8, 4) is 0 Å². The summed E-state index contributed by atoms with van der Waals surface area (Å²) in [6.07, 6.45) is 4.57. The lowest BCUT2D eigenvalue weighted by Gasteiger charge is -2.34. The summed E-state index contributed by atoms with van der Waals surface area (Å²) in [5.74, 6) is -1.77. The maximum absolute atomic E-state index is 12.2. The van der Waals surface area contributed by atoms with E-state index < -0.39 is 18.0 Å². The molecule has 0 rings (SSSR count). The van der Waals surface area contributed by atoms with Gasteiger partial charge in [0, 0.05) is 18.8 Å². The van der Waals surface area contributed by atoms with E-state index in [0.717, 1.165) is 25.7 Å². The summed E-state index contributed by atoms with van der Waals surface area (Å²) in [7, 11) is 5.44. The minimum absolute atomic E-state index is 0.0781. The van der Waals surface area contributed by atoms with Gasteiger partial charge in [0.05, 0.1) is 21.1 Å². The molecular weight excluding hydrogens is 258 g/mol. The average Bonchev–Trinajstić information content (AvgIpc) is 2.24. The van der Waals surface area contributed by atoms with Crippen LogP contribution in [0, 0.1) is 0 Å². The van der Waals surface area contributed by atoms with Crippen molar-refractivity contribution in [2.24, 2.45) is 0 Å². The molecule has 0 bridgehead atoms. The molecule has 0 aliphatic heterocycles. The first-order valence-electron chi connectivity index (χ1n) is 7.37. The van der Waals surface area contributed by atoms with Crippen LogP contribution >= 0.6 is 0 Å². The first kappa shape index (κ1) is 19.1. The summed E-state index contributed by atoms with van der Waals surface area (Å²) in [6.45, 7) is 2.19. The molecule has 0 amide bonds. The van der Waals surface area contributed by atoms with Gasteiger partial charge in [0.2, 0.25) is 0 Å². The number of hydrogen-bond acceptors (Lipinski definition) is 4. The zero-order valence-electron chi connectivity index (χ0n) is 13.3. The van der Waals surface area contributed by atoms with Crippen molar-refractivity contribution in [3.05, 3.63) is 0 Å². The zero-order chi connectivity index (χ0) is 15.8. The summed E-state index contributed by atoms with van der Waals surface area (Å²) in [5.41, 5.74) is -1.82. The van der Waals surface area contributed by atoms with Crippen LogP contribution in [0.1, 0.15) is 51.9 Å². The Bertz CT molecular complexity index is 322. The molecular formula is C15H29NO4. The second-order valence-electron chi connectivity index (χ2n) is 6.62. The van der Waals surface area contributed by atoms with Gasteiger partial charge in [0.1, 0.15) is 6.54 Å². The summed E-state index contributed by atoms with van der Waals surface area (Å²) in [4.78, 5) is 22.9. The van der Waals surface area contributed by atoms with E-state index in [2.05, 4.69) is 6.92 Å². The topological polar surface area (TPSA) is 77.4 Å². The summed E-state index contributed by atoms with van der Waals surface area (Å²) in [6, 6.07) is 0. The quantitative estimate of drug-likeness (QED) is 0.443. The van der Waals surface area contributed by atoms with Crippen LogP contribution in [0.4, 0.5) is 0 Å². The van der Waals surface area contributed by atoms with Crippen molar-refractivity contribution in [2.75, 3.05) is 27.7 Å². The van der Waals surface area contributed by atoms with Gasteiger partial charge in [-0.25, -0.2) is 0 Å². The van der Waals surface area contributed by atoms with E-state index >= 15 is 0 Å². The number of aliphatic hydroxyl groups is 1. The third kappa shape index (κ3) is 8.27. The fourth-order valence-corrected chi connectivity index (χ4v) is 2.39. The first-order valence-corrected chi connectivity index (χ1v) is 7.37. The molecule has 20 heavy (non-hydrogen) atoms. The lowest BCUT2D eigenvalue weighted by atomic mass is 9.89. The summed E-state index contributed by atoms with van der Waals surface area (Å²) >= 11 is 0. The molecule has 1 atom stereocenters. The maximum Gasteiger partial charge on any atom is 0.177 e. The fraction of sp³-hybridized carbons (Fsp3) is 0.867. The number of nitrogens with zero attached hydrogens (tertiary/aromatic N) is 1. The van der Waals surface area contributed by atoms with Crippen molar-refractivity contribution in [1.82, 2.24) is 0 Å². The predicted octanol–water partition coefficient (Wildman–Crippen LogP) is 0.493. The highest BCUT2D eigenvalue weighted by Crippen LogP contribution is 2.19. The molecule has 0 aliphatic rings. The van der Waals surface area contributed by atoms with Gasteiger partial charge in [0.25, 0.3) is 0 Å². The highest BCUT2D eigenvalue weighted by Gasteiger charge is 2.40. The van der Waals surface area contributed by atoms with Crippen LogP contribution in [0.3, 0.4) is 0 Å². The van der Waals surface area contributed by atoms with Crippen molar-refractivity contribution in [1.29, 1.82) is 0 Å². The Morgan fingerprint density at radius 2 is 1.65 bits per heavy atom. The average molecular weight is 287 g/mol. The van der Waals surface area contributed by atoms with Crippen LogP contribution < -0.4 is 5.11 Å². The van der Waals surface area contributed by atoms with Gasteiger partial charge in [-0.2, -0.15) is 0 Å². The van der Waals surface area contributed by atoms with E-state index in [1.54, 1.807) is 0 Å². The van der Waals surface area contributed by atoms with Crippen LogP contribution in [0.25, 0.3) is 0 Å². The number of ketones is 1. The minimum Gasteiger partial charge on any atom is -0.550 e. The number of hydrogen-bond donors (Lipinski definition) is 1. The van der Waals surface area contributed by atoms with E-state index in [0.29, 0.717) is 10.9 Å². The smallest absolute Gasteiger partial charge is 0.177 e. The number of carbonyl (C=O) groups excluding carboxylic acids is 2. The lowest BCUT2D eigenvalue weighted by Crippen LogP contribution is -2.56. The molecule has 0 aliphatic carbocycles. The predicted molar refractivity (Wildman–Crippen MR) is 75.9 cm³/mol. The van der Waals surface area contributed by atoms with Gasteiger partial charge in [-0.1, -0.05) is 32.6 Å². The number of unbranched alkanes of at least 4 members (excludes halogenated alkanes) is 4. The zero-order valence-corrected chi connectivity index (χ0v) is 13.3. The molecule has 0 aromatic heterocycles. The Morgan fingerprint density at radius 3 is 2.10 bits per heavy atom. The molecule has 5 nitrogen and oxygen atoms in total. The van der Waals surface area contributed by atoms with Crippen LogP contribution in [0.2, 0.25) is 0 Å². The monoisotopic (exact) mass is 287 g/mol. The number of carbonyl (C=O) groups is 2. The number of carboxylic acid groups (broad SMARTS) is 1. The van der Waals surface area contributed by atoms with Crippen LogP contribution in [-0.4, -0.2) is 54.6 Å². The molecule has 0 fully saturated rings. The normalized spacial score (nSPS) is 14.8. The van der Waals surface area contributed by atoms with E-state index in [-0.39, 0.29) is 18.7 Å². The summed E-state index contributed by atoms with van der Waals surface area (Å²) in [5, 5.41) is 21.2. The molecule has 5 heteroatoms. The first-order chi connectivity index (χ1) is 9.10. The largest absolute Gasteiger partial charge is 0.550 e. The van der Waals surface area contributed by atoms with Gasteiger partial charge < -0.3 is 19.5 Å². The second-order valence-corrected chi connectivity index (χ2v) is 6.62. The van der Waals surface area contributed by atoms with Gasteiger partial charge in [-0.15, -0.1) is 0 Å². The van der Waals surface area contributed by atoms with Crippen LogP contribution in [0.5, 0.6) is 0 Å². The summed E-state index contributed by atoms with van der Waals surface area (Å²) < 4.78 is 0.325. The van der Waals surface area contributed by atoms with Crippen molar-refractivity contribution < 1.29 is 24.3 Å². The maximum atomic E-state index is 12.2. The number of Topliss-reactive ketones (excluding diaryl/α,β-unsaturated/α-hetero) is 1. The molecule has 1 N–H and O–H groups in total. The van der Waals surface area contributed by atoms with Crippen molar-refractivity contribution >= 4 is 11.8 Å². The van der Waals surface area contributed by atoms with Gasteiger partial charge in [-0.3, -0.25) is 4.79 Å². The lowest BCUT2D eigenvalue weighted by molar-refractivity contribution is -0.875. The highest BCUT2D eigenvalue weighted by atomic mass is 16.4. The fourth-order valence-electron chi connectivity index (χ4n) is 2.39. The molecule has 0 radical (unpaired) electrons. The Balaban J connectivity index is 4.53. The Labute approximate surface area is 122 Å². The molecule has 1 unspecified atom stereocenters. The van der Waals surface area contributed by atoms with Gasteiger partial charge in [-0.05, 0) is 6.42 Å². The van der Waals surface area contributed by atoms with Crippen molar-refractivity contribution in [3.63, 3.8) is 0 Å². The number of aliphatic carboxylic acids is 1. The molecule has 0 saturated heterocycles. The molecule has 0 aromatic carbocycles. The minimum atomic E-state index is -1.82. The van der Waals surface area contributed by atoms with E-state index in [1.807, 2.05) is 21.1 Å². The number of carboxylic acids is 1. The van der Waals surface area contributed by atoms with Crippen LogP contribution in [0.15, 0.2) is 0 Å². The van der Waals surface area contributed by atoms with Gasteiger partial charge >= 0.3 is 0 Å². The second kappa shape index (κ2) is 8.37. The highest BCUT2D eigenvalue weighted by molar-refractivity contribution is 5.90. The molecule has 0 heterocycles. The van der Waals surface area contributed by atoms with E-state index in [9.17, 15) is 19.8 Å². The van der Waals surface area contributed by atoms with Gasteiger partial charge in [0.15, 0.2) is 11.4 Å². The Hall–Kier alpha value is -0.940. The Morgan fingerprint density at radius 1 is 1.10 bits per heavy atom. The number of rotatable bonds is 11. The molecule has 0 aromatic rings. The van der Waals surface area contributed by atoms with E-state index in [4.69, 9.17) is 0 Å². The number of quaternary nitrogens is 1. The molecule has 0 spiro atoms. The standard InChI is InChI=1S/C15H29NO4/c1-5-6-7-8-9-10-13(17)15(20,11-14(18)19)12-16(2,3)4/h20H,5-12H2,1-4H3. The van der Waals surface area contributed by atoms with E-state index in [1.165, 1.54) is 0 Å². The van der Waals surface area contributed by atoms with Crippen LogP contribution in [-0.2, 0) is 9.59 Å². The third-order valence-corrected chi connectivity index (χ3v) is 3.20. The molecule has 0 saturated carbocycles. The molecule has 118 valence electrons. The SMILES string of the molecule is CCCCCCCC(=O)C(O)(CC(=O)[O-])C[N+](C)(C)C.